The maximum Gasteiger partial charge on any atom is 0.231 e. The Balaban J connectivity index is 0.000000407. The van der Waals surface area contributed by atoms with Crippen molar-refractivity contribution in [3.8, 4) is 17.2 Å². The Hall–Kier alpha value is 0.213. The SMILES string of the molecule is COc1c2c(cc3c1C(CC(=O)Cc1ccccc1C)[N+](C)(C)CC3)OCO2.[B][B]B([B])B(B([B])[B])B(B(B([B])[B])B([B])[B])B(B(B([B])[B])B([B])[B])B(B([B])[B])B([B])[B].[I-]. The van der Waals surface area contributed by atoms with E-state index in [-0.39, 0.29) is 42.6 Å². The number of Topliss-reactive ketones (excluding diaryl/α,β-unsaturated/α-hetero) is 1. The molecule has 0 bridgehead atoms. The summed E-state index contributed by atoms with van der Waals surface area (Å²) in [5.41, 5.74) is 4.56. The van der Waals surface area contributed by atoms with Gasteiger partial charge in [-0.15, -0.1) is 0 Å². The van der Waals surface area contributed by atoms with Crippen LogP contribution in [0, 0.1) is 6.92 Å². The molecule has 1 atom stereocenters. The summed E-state index contributed by atoms with van der Waals surface area (Å²) in [5, 5.41) is 0. The van der Waals surface area contributed by atoms with Gasteiger partial charge in [-0.1, -0.05) is 24.3 Å². The Morgan fingerprint density at radius 2 is 1.22 bits per heavy atom. The number of ether oxygens (including phenoxy) is 3. The number of likely N-dealkylation sites (N-methyl/N-ethyl adjacent to an activating group) is 1. The number of halogens is 1. The minimum absolute atomic E-state index is 0. The van der Waals surface area contributed by atoms with Crippen LogP contribution in [0.4, 0.5) is 0 Å². The third-order valence-corrected chi connectivity index (χ3v) is 12.2. The van der Waals surface area contributed by atoms with Crippen LogP contribution in [0.3, 0.4) is 0 Å². The fourth-order valence-electron chi connectivity index (χ4n) is 9.17. The molecule has 0 saturated heterocycles. The predicted molar refractivity (Wildman–Crippen MR) is 285 cm³/mol. The number of quaternary nitrogens is 1. The van der Waals surface area contributed by atoms with E-state index >= 15 is 0 Å². The van der Waals surface area contributed by atoms with Crippen LogP contribution >= 0.6 is 0 Å². The van der Waals surface area contributed by atoms with Gasteiger partial charge in [-0.25, -0.2) is 0 Å². The number of hydrogen-bond donors (Lipinski definition) is 0. The summed E-state index contributed by atoms with van der Waals surface area (Å²) in [6, 6.07) is 10.2. The lowest BCUT2D eigenvalue weighted by Crippen LogP contribution is -3.00. The largest absolute Gasteiger partial charge is 1.00 e. The summed E-state index contributed by atoms with van der Waals surface area (Å²) < 4.78 is 17.8. The van der Waals surface area contributed by atoms with Crippen LogP contribution in [0.25, 0.3) is 0 Å². The fourth-order valence-corrected chi connectivity index (χ4v) is 9.17. The molecule has 37 heteroatoms. The molecule has 0 spiro atoms. The van der Waals surface area contributed by atoms with Crippen molar-refractivity contribution >= 4 is 226 Å². The third kappa shape index (κ3) is 13.9. The number of fused-ring (bicyclic) bond motifs is 2. The van der Waals surface area contributed by atoms with Gasteiger partial charge < -0.3 is 42.7 Å². The Bertz CT molecular complexity index is 1620. The van der Waals surface area contributed by atoms with E-state index in [0.717, 1.165) is 45.6 Å². The fraction of sp³-hybridized carbons (Fsp3) is 0.435. The van der Waals surface area contributed by atoms with Crippen molar-refractivity contribution in [2.75, 3.05) is 34.5 Å². The molecule has 60 heavy (non-hydrogen) atoms. The van der Waals surface area contributed by atoms with E-state index in [9.17, 15) is 4.79 Å². The number of benzene rings is 2. The van der Waals surface area contributed by atoms with Crippen LogP contribution in [-0.2, 0) is 17.6 Å². The number of hydrogen-bond acceptors (Lipinski definition) is 4. The van der Waals surface area contributed by atoms with Crippen molar-refractivity contribution < 1.29 is 47.5 Å². The quantitative estimate of drug-likeness (QED) is 0.0803. The van der Waals surface area contributed by atoms with E-state index in [0.29, 0.717) is 18.6 Å². The highest BCUT2D eigenvalue weighted by molar-refractivity contribution is 8.28. The standard InChI is InChI=1S/C23H28NO4.B31.HI/c1-15-7-5-6-8-16(15)11-18(25)13-19-21-17(9-10-24(19,2)3)12-20-22(23(21)26-4)28-14-27-20;1-17-25(16)29(24(14)15)31(28(22(10)11)23(12)13)30(26(18(2)3)19(4)5)27(20(6)7)21(8)9;/h5-8,12,19H,9-11,13-14H2,1-4H3;;1H/q+1;;/p-1. The second kappa shape index (κ2) is 25.2. The summed E-state index contributed by atoms with van der Waals surface area (Å²) in [5.74, 6) is 2.38. The first-order chi connectivity index (χ1) is 27.5. The van der Waals surface area contributed by atoms with Crippen molar-refractivity contribution in [2.24, 2.45) is 0 Å². The average molecular weight is 845 g/mol. The lowest BCUT2D eigenvalue weighted by atomic mass is 8.31. The number of carbonyl (C=O) groups excluding carboxylic acids is 1. The van der Waals surface area contributed by atoms with E-state index in [1.165, 1.54) is 12.6 Å². The van der Waals surface area contributed by atoms with E-state index in [1.807, 2.05) is 18.2 Å². The maximum absolute atomic E-state index is 13.1. The van der Waals surface area contributed by atoms with Crippen LogP contribution in [-0.4, -0.2) is 265 Å². The van der Waals surface area contributed by atoms with Crippen LogP contribution in [0.1, 0.15) is 34.7 Å². The molecule has 2 heterocycles. The third-order valence-electron chi connectivity index (χ3n) is 12.2. The zero-order valence-corrected chi connectivity index (χ0v) is 37.5. The molecule has 0 N–H and O–H groups in total. The number of carbonyl (C=O) groups is 1. The number of aryl methyl sites for hydroxylation is 1. The summed E-state index contributed by atoms with van der Waals surface area (Å²) in [4.78, 5) is 13.1. The normalized spacial score (nSPS) is 13.8. The highest BCUT2D eigenvalue weighted by Crippen LogP contribution is 2.51. The van der Waals surface area contributed by atoms with Gasteiger partial charge in [-0.05, 0) is 29.7 Å². The summed E-state index contributed by atoms with van der Waals surface area (Å²) in [6.45, 7) is 3.24. The first kappa shape index (κ1) is 56.3. The van der Waals surface area contributed by atoms with Crippen LogP contribution in [0.2, 0.25) is 0 Å². The molecule has 5 nitrogen and oxygen atoms in total. The van der Waals surface area contributed by atoms with Crippen molar-refractivity contribution in [3.05, 3.63) is 52.6 Å². The Labute approximate surface area is 407 Å². The highest BCUT2D eigenvalue weighted by atomic mass is 127. The molecule has 2 aliphatic heterocycles. The molecule has 0 saturated carbocycles. The van der Waals surface area contributed by atoms with Gasteiger partial charge in [-0.3, -0.25) is 4.79 Å². The van der Waals surface area contributed by atoms with Gasteiger partial charge >= 0.3 is 0 Å². The van der Waals surface area contributed by atoms with Crippen LogP contribution in [0.15, 0.2) is 30.3 Å². The second-order valence-electron chi connectivity index (χ2n) is 16.6. The first-order valence-corrected chi connectivity index (χ1v) is 19.8. The molecule has 0 aliphatic carbocycles. The minimum atomic E-state index is -1.07. The first-order valence-electron chi connectivity index (χ1n) is 19.8. The highest BCUT2D eigenvalue weighted by Gasteiger charge is 2.53. The van der Waals surface area contributed by atoms with Gasteiger partial charge in [0.2, 0.25) is 12.5 Å². The predicted octanol–water partition coefficient (Wildman–Crippen LogP) is -11.2. The van der Waals surface area contributed by atoms with Crippen molar-refractivity contribution in [2.45, 2.75) is 32.2 Å². The molecule has 0 amide bonds. The molecule has 4 rings (SSSR count). The maximum atomic E-state index is 13.1. The molecule has 33 radical (unpaired) electrons. The van der Waals surface area contributed by atoms with Crippen molar-refractivity contribution in [3.63, 3.8) is 0 Å². The Kier molecular flexibility index (Phi) is 23.7. The number of rotatable bonds is 19. The number of methoxy groups -OCH3 is 1. The van der Waals surface area contributed by atoms with Gasteiger partial charge in [0.1, 0.15) is 11.8 Å². The molecule has 0 aromatic heterocycles. The Morgan fingerprint density at radius 3 is 1.65 bits per heavy atom. The second-order valence-corrected chi connectivity index (χ2v) is 16.6. The number of ketones is 1. The molecule has 2 aromatic carbocycles. The van der Waals surface area contributed by atoms with Gasteiger partial charge in [0, 0.05) is 233 Å². The lowest BCUT2D eigenvalue weighted by molar-refractivity contribution is -0.922. The molecule has 0 fully saturated rings. The molecule has 2 aromatic rings. The summed E-state index contributed by atoms with van der Waals surface area (Å²) >= 11 is 0. The molecule has 1 unspecified atom stereocenters. The summed E-state index contributed by atoms with van der Waals surface area (Å²) in [6.07, 6.45) is -11.5. The van der Waals surface area contributed by atoms with E-state index < -0.39 is 89.4 Å². The molecule has 249 valence electrons. The molecular weight excluding hydrogens is 816 g/mol. The zero-order valence-electron chi connectivity index (χ0n) is 35.4. The van der Waals surface area contributed by atoms with Gasteiger partial charge in [0.15, 0.2) is 11.5 Å². The average Bonchev–Trinajstić information content (AvgIpc) is 3.60. The molecule has 2 aliphatic rings. The van der Waals surface area contributed by atoms with E-state index in [4.69, 9.17) is 138 Å². The lowest BCUT2D eigenvalue weighted by Gasteiger charge is -2.50. The van der Waals surface area contributed by atoms with Gasteiger partial charge in [-0.2, -0.15) is 0 Å². The van der Waals surface area contributed by atoms with Gasteiger partial charge in [0.25, 0.3) is 0 Å². The molecular formula is C23H28B31INO4. The van der Waals surface area contributed by atoms with E-state index in [2.05, 4.69) is 33.2 Å². The minimum Gasteiger partial charge on any atom is -1.00 e. The smallest absolute Gasteiger partial charge is 0.231 e. The number of nitrogens with zero attached hydrogens (tertiary/aromatic N) is 1. The van der Waals surface area contributed by atoms with Crippen molar-refractivity contribution in [1.29, 1.82) is 0 Å². The van der Waals surface area contributed by atoms with Gasteiger partial charge in [0.05, 0.1) is 39.7 Å². The van der Waals surface area contributed by atoms with Crippen molar-refractivity contribution in [1.82, 2.24) is 0 Å². The van der Waals surface area contributed by atoms with Crippen LogP contribution < -0.4 is 38.2 Å². The topological polar surface area (TPSA) is 44.8 Å². The van der Waals surface area contributed by atoms with Crippen LogP contribution in [0.5, 0.6) is 17.2 Å². The zero-order chi connectivity index (χ0) is 44.7. The summed E-state index contributed by atoms with van der Waals surface area (Å²) in [7, 11) is 104. The Morgan fingerprint density at radius 1 is 0.750 bits per heavy atom. The monoisotopic (exact) mass is 850 g/mol. The van der Waals surface area contributed by atoms with E-state index in [1.54, 1.807) is 7.11 Å².